The van der Waals surface area contributed by atoms with E-state index in [1.807, 2.05) is 39.7 Å². The molecule has 2 aromatic heterocycles. The number of imidazole rings is 2. The largest absolute Gasteiger partial charge is 0.307 e. The van der Waals surface area contributed by atoms with Gasteiger partial charge in [0, 0.05) is 37.2 Å². The zero-order valence-electron chi connectivity index (χ0n) is 11.5. The molecule has 0 radical (unpaired) electrons. The van der Waals surface area contributed by atoms with Gasteiger partial charge in [0.25, 0.3) is 0 Å². The van der Waals surface area contributed by atoms with Crippen LogP contribution in [0.5, 0.6) is 0 Å². The van der Waals surface area contributed by atoms with E-state index >= 15 is 0 Å². The summed E-state index contributed by atoms with van der Waals surface area (Å²) in [6.07, 6.45) is 10.9. The summed E-state index contributed by atoms with van der Waals surface area (Å²) in [6, 6.07) is 10.3. The van der Waals surface area contributed by atoms with E-state index in [2.05, 4.69) is 35.3 Å². The van der Waals surface area contributed by atoms with Crippen molar-refractivity contribution >= 4 is 36.8 Å². The monoisotopic (exact) mass is 294 g/mol. The molecule has 21 heavy (non-hydrogen) atoms. The molecular formula is C16H15N4P. The number of hydrogen-bond acceptors (Lipinski definition) is 2. The second kappa shape index (κ2) is 5.90. The Morgan fingerprint density at radius 1 is 0.857 bits per heavy atom. The van der Waals surface area contributed by atoms with Gasteiger partial charge in [0.1, 0.15) is 11.1 Å². The maximum absolute atomic E-state index is 4.53. The molecule has 0 saturated carbocycles. The molecule has 104 valence electrons. The van der Waals surface area contributed by atoms with Crippen molar-refractivity contribution in [2.75, 3.05) is 0 Å². The molecule has 0 aliphatic heterocycles. The van der Waals surface area contributed by atoms with Crippen molar-refractivity contribution < 1.29 is 0 Å². The Hall–Kier alpha value is -2.45. The molecule has 1 aromatic carbocycles. The summed E-state index contributed by atoms with van der Waals surface area (Å²) in [7, 11) is -0.864. The summed E-state index contributed by atoms with van der Waals surface area (Å²) in [6.45, 7) is 7.70. The van der Waals surface area contributed by atoms with Crippen LogP contribution in [0, 0.1) is 0 Å². The molecular weight excluding hydrogens is 279 g/mol. The third-order valence-corrected chi connectivity index (χ3v) is 5.41. The van der Waals surface area contributed by atoms with Crippen LogP contribution < -0.4 is 16.4 Å². The second-order valence-electron chi connectivity index (χ2n) is 4.31. The van der Waals surface area contributed by atoms with Crippen LogP contribution in [0.1, 0.15) is 0 Å². The van der Waals surface area contributed by atoms with Crippen molar-refractivity contribution in [3.8, 4) is 0 Å². The average Bonchev–Trinajstić information content (AvgIpc) is 3.18. The van der Waals surface area contributed by atoms with Crippen molar-refractivity contribution in [1.29, 1.82) is 0 Å². The Morgan fingerprint density at radius 2 is 1.38 bits per heavy atom. The highest BCUT2D eigenvalue weighted by atomic mass is 31.1. The summed E-state index contributed by atoms with van der Waals surface area (Å²) in [5, 5.41) is 1.19. The maximum Gasteiger partial charge on any atom is 0.147 e. The van der Waals surface area contributed by atoms with Crippen LogP contribution in [-0.2, 0) is 0 Å². The van der Waals surface area contributed by atoms with E-state index in [9.17, 15) is 0 Å². The SMILES string of the molecule is C=Cn1ccnc1P(c1ccccc1)c1nccn1C=C. The molecule has 0 spiro atoms. The van der Waals surface area contributed by atoms with Gasteiger partial charge in [-0.25, -0.2) is 9.97 Å². The Balaban J connectivity index is 2.21. The molecule has 0 N–H and O–H groups in total. The summed E-state index contributed by atoms with van der Waals surface area (Å²) < 4.78 is 3.89. The van der Waals surface area contributed by atoms with E-state index in [0.717, 1.165) is 11.1 Å². The third kappa shape index (κ3) is 2.46. The average molecular weight is 294 g/mol. The van der Waals surface area contributed by atoms with Gasteiger partial charge in [-0.05, 0) is 5.30 Å². The number of rotatable bonds is 5. The highest BCUT2D eigenvalue weighted by molar-refractivity contribution is 7.79. The lowest BCUT2D eigenvalue weighted by molar-refractivity contribution is 1.18. The van der Waals surface area contributed by atoms with Gasteiger partial charge in [0.15, 0.2) is 0 Å². The standard InChI is InChI=1S/C16H15N4P/c1-3-19-12-10-17-15(19)21(14-8-6-5-7-9-14)16-18-11-13-20(16)4-2/h3-13H,1-2H2. The third-order valence-electron chi connectivity index (χ3n) is 3.10. The Bertz CT molecular complexity index is 711. The molecule has 0 atom stereocenters. The van der Waals surface area contributed by atoms with Gasteiger partial charge in [-0.2, -0.15) is 0 Å². The van der Waals surface area contributed by atoms with Crippen molar-refractivity contribution in [3.63, 3.8) is 0 Å². The Morgan fingerprint density at radius 3 is 1.86 bits per heavy atom. The van der Waals surface area contributed by atoms with Gasteiger partial charge in [-0.15, -0.1) is 0 Å². The van der Waals surface area contributed by atoms with Gasteiger partial charge < -0.3 is 9.13 Å². The minimum Gasteiger partial charge on any atom is -0.307 e. The van der Waals surface area contributed by atoms with E-state index in [1.54, 1.807) is 24.8 Å². The molecule has 0 fully saturated rings. The van der Waals surface area contributed by atoms with Gasteiger partial charge >= 0.3 is 0 Å². The highest BCUT2D eigenvalue weighted by Gasteiger charge is 2.24. The highest BCUT2D eigenvalue weighted by Crippen LogP contribution is 2.31. The first-order valence-corrected chi connectivity index (χ1v) is 7.85. The quantitative estimate of drug-likeness (QED) is 0.675. The van der Waals surface area contributed by atoms with E-state index in [0.29, 0.717) is 0 Å². The van der Waals surface area contributed by atoms with Crippen molar-refractivity contribution in [2.45, 2.75) is 0 Å². The summed E-state index contributed by atoms with van der Waals surface area (Å²) in [5.74, 6) is 0. The lowest BCUT2D eigenvalue weighted by Gasteiger charge is -2.17. The van der Waals surface area contributed by atoms with Crippen LogP contribution in [0.25, 0.3) is 12.4 Å². The lowest BCUT2D eigenvalue weighted by atomic mass is 10.4. The zero-order valence-corrected chi connectivity index (χ0v) is 12.4. The fourth-order valence-electron chi connectivity index (χ4n) is 2.14. The number of hydrogen-bond donors (Lipinski definition) is 0. The normalized spacial score (nSPS) is 10.7. The molecule has 2 heterocycles. The van der Waals surface area contributed by atoms with Gasteiger partial charge in [0.05, 0.1) is 7.92 Å². The van der Waals surface area contributed by atoms with E-state index in [4.69, 9.17) is 0 Å². The second-order valence-corrected chi connectivity index (χ2v) is 6.29. The molecule has 0 aliphatic carbocycles. The minimum atomic E-state index is -0.864. The van der Waals surface area contributed by atoms with Crippen molar-refractivity contribution in [3.05, 3.63) is 68.3 Å². The molecule has 3 aromatic rings. The van der Waals surface area contributed by atoms with E-state index < -0.39 is 7.92 Å². The summed E-state index contributed by atoms with van der Waals surface area (Å²) in [4.78, 5) is 9.06. The van der Waals surface area contributed by atoms with Crippen LogP contribution in [0.4, 0.5) is 0 Å². The first kappa shape index (κ1) is 13.5. The van der Waals surface area contributed by atoms with E-state index in [-0.39, 0.29) is 0 Å². The minimum absolute atomic E-state index is 0.864. The van der Waals surface area contributed by atoms with Crippen LogP contribution in [0.15, 0.2) is 68.3 Å². The van der Waals surface area contributed by atoms with Crippen molar-refractivity contribution in [1.82, 2.24) is 19.1 Å². The fourth-order valence-corrected chi connectivity index (χ4v) is 4.37. The van der Waals surface area contributed by atoms with Gasteiger partial charge in [-0.3, -0.25) is 0 Å². The number of aromatic nitrogens is 4. The molecule has 0 saturated heterocycles. The summed E-state index contributed by atoms with van der Waals surface area (Å²) in [5.41, 5.74) is 1.89. The van der Waals surface area contributed by atoms with Gasteiger partial charge in [0.2, 0.25) is 0 Å². The Labute approximate surface area is 124 Å². The first-order chi connectivity index (χ1) is 10.3. The topological polar surface area (TPSA) is 35.6 Å². The number of benzene rings is 1. The fraction of sp³-hybridized carbons (Fsp3) is 0. The lowest BCUT2D eigenvalue weighted by Crippen LogP contribution is -2.30. The molecule has 4 nitrogen and oxygen atoms in total. The molecule has 0 bridgehead atoms. The molecule has 3 rings (SSSR count). The van der Waals surface area contributed by atoms with Crippen LogP contribution >= 0.6 is 7.92 Å². The first-order valence-electron chi connectivity index (χ1n) is 6.51. The Kier molecular flexibility index (Phi) is 3.80. The molecule has 0 amide bonds. The molecule has 0 aliphatic rings. The maximum atomic E-state index is 4.53. The predicted molar refractivity (Wildman–Crippen MR) is 89.5 cm³/mol. The number of nitrogens with zero attached hydrogens (tertiary/aromatic N) is 4. The van der Waals surface area contributed by atoms with Crippen LogP contribution in [-0.4, -0.2) is 19.1 Å². The predicted octanol–water partition coefficient (Wildman–Crippen LogP) is 2.04. The van der Waals surface area contributed by atoms with E-state index in [1.165, 1.54) is 5.30 Å². The zero-order chi connectivity index (χ0) is 14.7. The molecule has 0 unspecified atom stereocenters. The van der Waals surface area contributed by atoms with Crippen LogP contribution in [0.2, 0.25) is 0 Å². The van der Waals surface area contributed by atoms with Gasteiger partial charge in [-0.1, -0.05) is 43.5 Å². The molecule has 5 heteroatoms. The van der Waals surface area contributed by atoms with Crippen LogP contribution in [0.3, 0.4) is 0 Å². The van der Waals surface area contributed by atoms with Crippen molar-refractivity contribution in [2.24, 2.45) is 0 Å². The smallest absolute Gasteiger partial charge is 0.147 e. The summed E-state index contributed by atoms with van der Waals surface area (Å²) >= 11 is 0.